The van der Waals surface area contributed by atoms with Crippen molar-refractivity contribution in [2.24, 2.45) is 5.92 Å². The van der Waals surface area contributed by atoms with Gasteiger partial charge in [0.15, 0.2) is 0 Å². The quantitative estimate of drug-likeness (QED) is 0.764. The van der Waals surface area contributed by atoms with Crippen LogP contribution in [0.2, 0.25) is 0 Å². The summed E-state index contributed by atoms with van der Waals surface area (Å²) in [6.45, 7) is 5.97. The summed E-state index contributed by atoms with van der Waals surface area (Å²) in [5.74, 6) is 0.336. The summed E-state index contributed by atoms with van der Waals surface area (Å²) in [6.07, 6.45) is 10.9. The van der Waals surface area contributed by atoms with E-state index in [1.807, 2.05) is 30.6 Å². The lowest BCUT2D eigenvalue weighted by Gasteiger charge is -2.42. The number of rotatable bonds is 7. The van der Waals surface area contributed by atoms with Crippen LogP contribution in [0, 0.1) is 5.92 Å². The van der Waals surface area contributed by atoms with Gasteiger partial charge in [-0.25, -0.2) is 0 Å². The Hall–Kier alpha value is -2.31. The zero-order valence-electron chi connectivity index (χ0n) is 17.7. The highest BCUT2D eigenvalue weighted by molar-refractivity contribution is 5.78. The summed E-state index contributed by atoms with van der Waals surface area (Å²) >= 11 is 0. The second kappa shape index (κ2) is 10.6. The SMILES string of the molecule is O=C(NCCc1ccccn1)[C@@H]1CCCN(C2CCN(Cc3ccncc3)CC2)C1. The van der Waals surface area contributed by atoms with Gasteiger partial charge in [-0.15, -0.1) is 0 Å². The Bertz CT molecular complexity index is 777. The number of hydrogen-bond acceptors (Lipinski definition) is 5. The molecule has 4 rings (SSSR count). The van der Waals surface area contributed by atoms with Crippen LogP contribution in [-0.4, -0.2) is 64.4 Å². The Morgan fingerprint density at radius 1 is 1.03 bits per heavy atom. The second-order valence-electron chi connectivity index (χ2n) is 8.56. The molecule has 2 fully saturated rings. The molecule has 0 bridgehead atoms. The maximum Gasteiger partial charge on any atom is 0.224 e. The summed E-state index contributed by atoms with van der Waals surface area (Å²) in [5.41, 5.74) is 2.37. The maximum absolute atomic E-state index is 12.7. The molecule has 2 aliphatic heterocycles. The van der Waals surface area contributed by atoms with E-state index in [4.69, 9.17) is 0 Å². The third-order valence-electron chi connectivity index (χ3n) is 6.46. The van der Waals surface area contributed by atoms with Gasteiger partial charge in [-0.2, -0.15) is 0 Å². The van der Waals surface area contributed by atoms with E-state index in [9.17, 15) is 4.79 Å². The number of nitrogens with one attached hydrogen (secondary N) is 1. The fraction of sp³-hybridized carbons (Fsp3) is 0.542. The minimum atomic E-state index is 0.123. The number of nitrogens with zero attached hydrogens (tertiary/aromatic N) is 4. The van der Waals surface area contributed by atoms with Gasteiger partial charge in [0.1, 0.15) is 0 Å². The van der Waals surface area contributed by atoms with E-state index in [2.05, 4.69) is 37.2 Å². The fourth-order valence-corrected chi connectivity index (χ4v) is 4.75. The fourth-order valence-electron chi connectivity index (χ4n) is 4.75. The molecule has 1 N–H and O–H groups in total. The Morgan fingerprint density at radius 3 is 2.63 bits per heavy atom. The van der Waals surface area contributed by atoms with Crippen molar-refractivity contribution in [3.8, 4) is 0 Å². The Kier molecular flexibility index (Phi) is 7.43. The van der Waals surface area contributed by atoms with Crippen LogP contribution in [0.25, 0.3) is 0 Å². The summed E-state index contributed by atoms with van der Waals surface area (Å²) in [5, 5.41) is 3.14. The molecule has 6 heteroatoms. The molecule has 2 aromatic heterocycles. The predicted molar refractivity (Wildman–Crippen MR) is 118 cm³/mol. The first-order valence-electron chi connectivity index (χ1n) is 11.3. The number of carbonyl (C=O) groups is 1. The molecule has 2 aromatic rings. The lowest BCUT2D eigenvalue weighted by Crippen LogP contribution is -2.50. The summed E-state index contributed by atoms with van der Waals surface area (Å²) in [6, 6.07) is 10.7. The minimum Gasteiger partial charge on any atom is -0.355 e. The first kappa shape index (κ1) is 20.9. The molecule has 1 amide bonds. The zero-order valence-corrected chi connectivity index (χ0v) is 17.7. The van der Waals surface area contributed by atoms with Crippen molar-refractivity contribution in [3.63, 3.8) is 0 Å². The molecule has 6 nitrogen and oxygen atoms in total. The van der Waals surface area contributed by atoms with Gasteiger partial charge >= 0.3 is 0 Å². The molecule has 0 aliphatic carbocycles. The largest absolute Gasteiger partial charge is 0.355 e. The van der Waals surface area contributed by atoms with Crippen molar-refractivity contribution in [1.82, 2.24) is 25.1 Å². The van der Waals surface area contributed by atoms with Crippen LogP contribution in [0.4, 0.5) is 0 Å². The number of likely N-dealkylation sites (tertiary alicyclic amines) is 2. The van der Waals surface area contributed by atoms with Gasteiger partial charge in [-0.05, 0) is 75.1 Å². The monoisotopic (exact) mass is 407 g/mol. The normalized spacial score (nSPS) is 21.4. The van der Waals surface area contributed by atoms with Crippen molar-refractivity contribution < 1.29 is 4.79 Å². The third-order valence-corrected chi connectivity index (χ3v) is 6.46. The number of hydrogen-bond donors (Lipinski definition) is 1. The topological polar surface area (TPSA) is 61.4 Å². The predicted octanol–water partition coefficient (Wildman–Crippen LogP) is 2.51. The van der Waals surface area contributed by atoms with Crippen LogP contribution in [0.5, 0.6) is 0 Å². The third kappa shape index (κ3) is 5.86. The molecular formula is C24H33N5O. The van der Waals surface area contributed by atoms with E-state index in [0.29, 0.717) is 12.6 Å². The van der Waals surface area contributed by atoms with E-state index in [1.54, 1.807) is 6.20 Å². The molecule has 0 unspecified atom stereocenters. The highest BCUT2D eigenvalue weighted by atomic mass is 16.1. The Balaban J connectivity index is 1.20. The number of piperidine rings is 2. The Morgan fingerprint density at radius 2 is 1.87 bits per heavy atom. The molecule has 2 saturated heterocycles. The van der Waals surface area contributed by atoms with Gasteiger partial charge in [-0.1, -0.05) is 6.07 Å². The second-order valence-corrected chi connectivity index (χ2v) is 8.56. The van der Waals surface area contributed by atoms with E-state index in [0.717, 1.165) is 57.7 Å². The summed E-state index contributed by atoms with van der Waals surface area (Å²) < 4.78 is 0. The standard InChI is InChI=1S/C24H33N5O/c30-24(27-14-8-22-5-1-2-11-26-22)21-4-3-15-29(19-21)23-9-16-28(17-10-23)18-20-6-12-25-13-7-20/h1-2,5-7,11-13,21,23H,3-4,8-10,14-19H2,(H,27,30)/t21-/m1/s1. The average Bonchev–Trinajstić information content (AvgIpc) is 2.81. The molecule has 160 valence electrons. The van der Waals surface area contributed by atoms with Gasteiger partial charge in [0.05, 0.1) is 5.92 Å². The molecule has 30 heavy (non-hydrogen) atoms. The molecule has 1 atom stereocenters. The molecule has 2 aliphatic rings. The van der Waals surface area contributed by atoms with E-state index < -0.39 is 0 Å². The molecule has 4 heterocycles. The number of carbonyl (C=O) groups excluding carboxylic acids is 1. The minimum absolute atomic E-state index is 0.123. The molecule has 0 spiro atoms. The highest BCUT2D eigenvalue weighted by Crippen LogP contribution is 2.24. The Labute approximate surface area is 179 Å². The highest BCUT2D eigenvalue weighted by Gasteiger charge is 2.31. The van der Waals surface area contributed by atoms with Crippen molar-refractivity contribution in [2.45, 2.75) is 44.7 Å². The van der Waals surface area contributed by atoms with Crippen molar-refractivity contribution in [2.75, 3.05) is 32.7 Å². The van der Waals surface area contributed by atoms with Crippen molar-refractivity contribution >= 4 is 5.91 Å². The van der Waals surface area contributed by atoms with Gasteiger partial charge < -0.3 is 5.32 Å². The molecule has 0 aromatic carbocycles. The lowest BCUT2D eigenvalue weighted by molar-refractivity contribution is -0.127. The number of aromatic nitrogens is 2. The van der Waals surface area contributed by atoms with Crippen LogP contribution in [-0.2, 0) is 17.8 Å². The van der Waals surface area contributed by atoms with Crippen LogP contribution >= 0.6 is 0 Å². The van der Waals surface area contributed by atoms with E-state index in [1.165, 1.54) is 18.4 Å². The molecule has 0 radical (unpaired) electrons. The summed E-state index contributed by atoms with van der Waals surface area (Å²) in [7, 11) is 0. The first-order valence-corrected chi connectivity index (χ1v) is 11.3. The average molecular weight is 408 g/mol. The van der Waals surface area contributed by atoms with Crippen molar-refractivity contribution in [1.29, 1.82) is 0 Å². The van der Waals surface area contributed by atoms with Gasteiger partial charge in [0.2, 0.25) is 5.91 Å². The molecule has 0 saturated carbocycles. The van der Waals surface area contributed by atoms with Crippen LogP contribution < -0.4 is 5.32 Å². The van der Waals surface area contributed by atoms with E-state index in [-0.39, 0.29) is 11.8 Å². The van der Waals surface area contributed by atoms with Gasteiger partial charge in [-0.3, -0.25) is 24.6 Å². The number of amides is 1. The van der Waals surface area contributed by atoms with Crippen molar-refractivity contribution in [3.05, 3.63) is 60.2 Å². The van der Waals surface area contributed by atoms with Crippen LogP contribution in [0.15, 0.2) is 48.9 Å². The van der Waals surface area contributed by atoms with Crippen LogP contribution in [0.3, 0.4) is 0 Å². The van der Waals surface area contributed by atoms with Gasteiger partial charge in [0.25, 0.3) is 0 Å². The zero-order chi connectivity index (χ0) is 20.6. The molecular weight excluding hydrogens is 374 g/mol. The van der Waals surface area contributed by atoms with Crippen LogP contribution in [0.1, 0.15) is 36.9 Å². The summed E-state index contributed by atoms with van der Waals surface area (Å²) in [4.78, 5) is 26.3. The lowest BCUT2D eigenvalue weighted by atomic mass is 9.93. The maximum atomic E-state index is 12.7. The first-order chi connectivity index (χ1) is 14.8. The van der Waals surface area contributed by atoms with Gasteiger partial charge in [0, 0.05) is 56.4 Å². The number of pyridine rings is 2. The van der Waals surface area contributed by atoms with E-state index >= 15 is 0 Å². The smallest absolute Gasteiger partial charge is 0.224 e.